The monoisotopic (exact) mass is 406 g/mol. The van der Waals surface area contributed by atoms with Gasteiger partial charge in [-0.25, -0.2) is 9.78 Å². The van der Waals surface area contributed by atoms with E-state index < -0.39 is 10.9 Å². The molecule has 1 aromatic heterocycles. The topological polar surface area (TPSA) is 99.3 Å². The summed E-state index contributed by atoms with van der Waals surface area (Å²) in [7, 11) is 1.61. The molecule has 154 valence electrons. The number of rotatable bonds is 8. The number of imidazole rings is 1. The lowest BCUT2D eigenvalue weighted by Gasteiger charge is -2.11. The second kappa shape index (κ2) is 9.51. The fraction of sp³-hybridized carbons (Fsp3) is 0.182. The summed E-state index contributed by atoms with van der Waals surface area (Å²) in [4.78, 5) is 28.0. The largest absolute Gasteiger partial charge is 0.462 e. The Morgan fingerprint density at radius 3 is 2.70 bits per heavy atom. The predicted octanol–water partition coefficient (Wildman–Crippen LogP) is 3.99. The molecule has 0 saturated carbocycles. The predicted molar refractivity (Wildman–Crippen MR) is 115 cm³/mol. The third kappa shape index (κ3) is 4.72. The number of hydrogen-bond acceptors (Lipinski definition) is 6. The van der Waals surface area contributed by atoms with Gasteiger partial charge in [0.15, 0.2) is 0 Å². The van der Waals surface area contributed by atoms with Crippen molar-refractivity contribution < 1.29 is 14.5 Å². The molecule has 0 saturated heterocycles. The van der Waals surface area contributed by atoms with E-state index in [9.17, 15) is 14.9 Å². The molecule has 0 amide bonds. The number of carbonyl (C=O) groups is 1. The highest BCUT2D eigenvalue weighted by atomic mass is 16.6. The molecule has 1 heterocycles. The molecule has 3 aromatic rings. The average molecular weight is 406 g/mol. The van der Waals surface area contributed by atoms with Crippen LogP contribution in [0.15, 0.2) is 60.9 Å². The lowest BCUT2D eigenvalue weighted by Crippen LogP contribution is -2.12. The first kappa shape index (κ1) is 20.8. The van der Waals surface area contributed by atoms with E-state index in [1.54, 1.807) is 44.6 Å². The Balaban J connectivity index is 2.05. The lowest BCUT2D eigenvalue weighted by atomic mass is 10.1. The van der Waals surface area contributed by atoms with Gasteiger partial charge in [0.1, 0.15) is 17.1 Å². The molecule has 1 N–H and O–H groups in total. The van der Waals surface area contributed by atoms with Gasteiger partial charge in [-0.15, -0.1) is 0 Å². The Morgan fingerprint density at radius 1 is 1.27 bits per heavy atom. The molecule has 0 atom stereocenters. The van der Waals surface area contributed by atoms with Crippen LogP contribution in [0.5, 0.6) is 0 Å². The molecule has 0 radical (unpaired) electrons. The van der Waals surface area contributed by atoms with Crippen LogP contribution in [0.3, 0.4) is 0 Å². The smallest absolute Gasteiger partial charge is 0.341 e. The third-order valence-electron chi connectivity index (χ3n) is 4.45. The molecule has 30 heavy (non-hydrogen) atoms. The van der Waals surface area contributed by atoms with Crippen molar-refractivity contribution in [2.24, 2.45) is 0 Å². The van der Waals surface area contributed by atoms with Crippen molar-refractivity contribution in [2.45, 2.75) is 13.5 Å². The van der Waals surface area contributed by atoms with E-state index in [4.69, 9.17) is 4.74 Å². The zero-order valence-electron chi connectivity index (χ0n) is 16.7. The second-order valence-corrected chi connectivity index (χ2v) is 6.43. The third-order valence-corrected chi connectivity index (χ3v) is 4.45. The van der Waals surface area contributed by atoms with Crippen LogP contribution < -0.4 is 5.32 Å². The van der Waals surface area contributed by atoms with Gasteiger partial charge in [0, 0.05) is 32.1 Å². The van der Waals surface area contributed by atoms with Crippen molar-refractivity contribution in [2.75, 3.05) is 19.0 Å². The summed E-state index contributed by atoms with van der Waals surface area (Å²) in [6, 6.07) is 14.5. The average Bonchev–Trinajstić information content (AvgIpc) is 3.20. The maximum Gasteiger partial charge on any atom is 0.341 e. The Hall–Kier alpha value is -3.94. The van der Waals surface area contributed by atoms with Crippen LogP contribution in [0.2, 0.25) is 0 Å². The minimum absolute atomic E-state index is 0.0814. The zero-order valence-corrected chi connectivity index (χ0v) is 16.7. The van der Waals surface area contributed by atoms with Gasteiger partial charge in [0.25, 0.3) is 5.69 Å². The van der Waals surface area contributed by atoms with Crippen molar-refractivity contribution in [3.05, 3.63) is 88.0 Å². The number of hydrogen-bond donors (Lipinski definition) is 1. The molecule has 3 rings (SSSR count). The van der Waals surface area contributed by atoms with E-state index in [0.717, 1.165) is 5.56 Å². The Bertz CT molecular complexity index is 1070. The van der Waals surface area contributed by atoms with Crippen LogP contribution in [0.25, 0.3) is 11.6 Å². The zero-order chi connectivity index (χ0) is 21.5. The van der Waals surface area contributed by atoms with Gasteiger partial charge < -0.3 is 14.6 Å². The van der Waals surface area contributed by atoms with Crippen molar-refractivity contribution >= 4 is 29.0 Å². The van der Waals surface area contributed by atoms with Gasteiger partial charge in [0.2, 0.25) is 0 Å². The fourth-order valence-corrected chi connectivity index (χ4v) is 3.05. The molecule has 0 aliphatic heterocycles. The van der Waals surface area contributed by atoms with Crippen molar-refractivity contribution in [1.29, 1.82) is 0 Å². The number of aromatic nitrogens is 2. The van der Waals surface area contributed by atoms with E-state index in [-0.39, 0.29) is 17.9 Å². The van der Waals surface area contributed by atoms with E-state index in [1.165, 1.54) is 6.07 Å². The highest BCUT2D eigenvalue weighted by molar-refractivity contribution is 6.20. The summed E-state index contributed by atoms with van der Waals surface area (Å²) in [5.41, 5.74) is 2.08. The summed E-state index contributed by atoms with van der Waals surface area (Å²) in [6.07, 6.45) is 4.95. The molecule has 2 aromatic carbocycles. The SMILES string of the molecule is CCOC(=O)/C(=C/c1ccc(NC)c([N+](=O)[O-])c1)c1nccn1Cc1ccccc1. The number of esters is 1. The van der Waals surface area contributed by atoms with Gasteiger partial charge in [-0.05, 0) is 30.2 Å². The number of benzene rings is 2. The molecule has 8 heteroatoms. The number of nitro benzene ring substituents is 1. The number of nitrogens with one attached hydrogen (secondary N) is 1. The van der Waals surface area contributed by atoms with Crippen LogP contribution in [0.1, 0.15) is 23.9 Å². The first-order chi connectivity index (χ1) is 14.5. The molecule has 0 aliphatic rings. The highest BCUT2D eigenvalue weighted by Gasteiger charge is 2.20. The summed E-state index contributed by atoms with van der Waals surface area (Å²) >= 11 is 0. The first-order valence-corrected chi connectivity index (χ1v) is 9.44. The van der Waals surface area contributed by atoms with Crippen LogP contribution in [-0.2, 0) is 16.1 Å². The van der Waals surface area contributed by atoms with Gasteiger partial charge in [0.05, 0.1) is 11.5 Å². The lowest BCUT2D eigenvalue weighted by molar-refractivity contribution is -0.384. The molecular formula is C22H22N4O4. The normalized spacial score (nSPS) is 11.2. The summed E-state index contributed by atoms with van der Waals surface area (Å²) in [5, 5.41) is 14.2. The van der Waals surface area contributed by atoms with E-state index in [0.29, 0.717) is 23.6 Å². The minimum Gasteiger partial charge on any atom is -0.462 e. The fourth-order valence-electron chi connectivity index (χ4n) is 3.05. The highest BCUT2D eigenvalue weighted by Crippen LogP contribution is 2.28. The Morgan fingerprint density at radius 2 is 2.03 bits per heavy atom. The van der Waals surface area contributed by atoms with Crippen LogP contribution in [0, 0.1) is 10.1 Å². The quantitative estimate of drug-likeness (QED) is 0.263. The van der Waals surface area contributed by atoms with Crippen molar-refractivity contribution in [3.63, 3.8) is 0 Å². The molecule has 0 unspecified atom stereocenters. The van der Waals surface area contributed by atoms with Crippen molar-refractivity contribution in [1.82, 2.24) is 9.55 Å². The Labute approximate surface area is 174 Å². The van der Waals surface area contributed by atoms with Gasteiger partial charge in [-0.2, -0.15) is 0 Å². The standard InChI is InChI=1S/C22H22N4O4/c1-3-30-22(27)18(13-17-9-10-19(23-2)20(14-17)26(28)29)21-24-11-12-25(21)15-16-7-5-4-6-8-16/h4-14,23H,3,15H2,1-2H3/b18-13+. The number of anilines is 1. The molecule has 0 aliphatic carbocycles. The summed E-state index contributed by atoms with van der Waals surface area (Å²) in [5.74, 6) is -0.115. The maximum absolute atomic E-state index is 12.7. The molecule has 0 bridgehead atoms. The molecule has 8 nitrogen and oxygen atoms in total. The minimum atomic E-state index is -0.543. The summed E-state index contributed by atoms with van der Waals surface area (Å²) < 4.78 is 7.06. The number of nitrogens with zero attached hydrogens (tertiary/aromatic N) is 3. The summed E-state index contributed by atoms with van der Waals surface area (Å²) in [6.45, 7) is 2.44. The van der Waals surface area contributed by atoms with Gasteiger partial charge in [-0.3, -0.25) is 10.1 Å². The van der Waals surface area contributed by atoms with Crippen LogP contribution >= 0.6 is 0 Å². The molecule has 0 spiro atoms. The first-order valence-electron chi connectivity index (χ1n) is 9.44. The van der Waals surface area contributed by atoms with Crippen molar-refractivity contribution in [3.8, 4) is 0 Å². The van der Waals surface area contributed by atoms with E-state index >= 15 is 0 Å². The number of carbonyl (C=O) groups excluding carboxylic acids is 1. The Kier molecular flexibility index (Phi) is 6.59. The van der Waals surface area contributed by atoms with Crippen LogP contribution in [0.4, 0.5) is 11.4 Å². The second-order valence-electron chi connectivity index (χ2n) is 6.43. The molecular weight excluding hydrogens is 384 g/mol. The number of ether oxygens (including phenoxy) is 1. The van der Waals surface area contributed by atoms with Crippen LogP contribution in [-0.4, -0.2) is 34.1 Å². The molecule has 0 fully saturated rings. The van der Waals surface area contributed by atoms with Gasteiger partial charge in [-0.1, -0.05) is 36.4 Å². The number of nitro groups is 1. The maximum atomic E-state index is 12.7. The van der Waals surface area contributed by atoms with E-state index in [2.05, 4.69) is 10.3 Å². The van der Waals surface area contributed by atoms with E-state index in [1.807, 2.05) is 34.9 Å². The van der Waals surface area contributed by atoms with Gasteiger partial charge >= 0.3 is 5.97 Å².